The molecule has 1 N–H and O–H groups in total. The van der Waals surface area contributed by atoms with Gasteiger partial charge in [-0.2, -0.15) is 0 Å². The lowest BCUT2D eigenvalue weighted by Gasteiger charge is -2.37. The first kappa shape index (κ1) is 21.6. The van der Waals surface area contributed by atoms with Crippen LogP contribution in [-0.4, -0.2) is 19.9 Å². The maximum absolute atomic E-state index is 6.38. The molecule has 3 atom stereocenters. The van der Waals surface area contributed by atoms with Crippen molar-refractivity contribution in [3.8, 4) is 11.5 Å². The summed E-state index contributed by atoms with van der Waals surface area (Å²) in [5, 5.41) is 4.29. The summed E-state index contributed by atoms with van der Waals surface area (Å²) in [5.74, 6) is 2.17. The first-order chi connectivity index (χ1) is 16.2. The van der Waals surface area contributed by atoms with Gasteiger partial charge in [-0.05, 0) is 66.3 Å². The van der Waals surface area contributed by atoms with Crippen molar-refractivity contribution >= 4 is 29.2 Å². The van der Waals surface area contributed by atoms with Gasteiger partial charge in [-0.1, -0.05) is 54.1 Å². The molecule has 0 radical (unpaired) electrons. The summed E-state index contributed by atoms with van der Waals surface area (Å²) in [4.78, 5) is 4.64. The van der Waals surface area contributed by atoms with Gasteiger partial charge in [-0.15, -0.1) is 0 Å². The SMILES string of the molecule is CCOc1c(Cl)cc(C=Nc2ccc([C@@H]3Nc4ccccc4[C@H]4C=CC[C@@H]43)cc2)cc1OC. The molecule has 4 nitrogen and oxygen atoms in total. The number of benzene rings is 3. The second-order valence-corrected chi connectivity index (χ2v) is 8.79. The van der Waals surface area contributed by atoms with Crippen LogP contribution in [0.4, 0.5) is 11.4 Å². The number of ether oxygens (including phenoxy) is 2. The molecule has 0 fully saturated rings. The Hall–Kier alpha value is -3.24. The van der Waals surface area contributed by atoms with Gasteiger partial charge in [0.2, 0.25) is 0 Å². The van der Waals surface area contributed by atoms with Crippen LogP contribution in [0.3, 0.4) is 0 Å². The number of anilines is 1. The molecule has 3 aromatic carbocycles. The van der Waals surface area contributed by atoms with Crippen LogP contribution in [-0.2, 0) is 0 Å². The Morgan fingerprint density at radius 2 is 1.94 bits per heavy atom. The summed E-state index contributed by atoms with van der Waals surface area (Å²) in [6, 6.07) is 21.1. The molecule has 3 aromatic rings. The zero-order chi connectivity index (χ0) is 22.8. The van der Waals surface area contributed by atoms with Gasteiger partial charge >= 0.3 is 0 Å². The van der Waals surface area contributed by atoms with Gasteiger partial charge in [0.05, 0.1) is 30.5 Å². The first-order valence-electron chi connectivity index (χ1n) is 11.3. The van der Waals surface area contributed by atoms with Gasteiger partial charge < -0.3 is 14.8 Å². The highest BCUT2D eigenvalue weighted by Gasteiger charge is 2.37. The molecular formula is C28H27ClN2O2. The quantitative estimate of drug-likeness (QED) is 0.310. The second-order valence-electron chi connectivity index (χ2n) is 8.38. The van der Waals surface area contributed by atoms with Crippen LogP contribution in [0.5, 0.6) is 11.5 Å². The molecule has 5 rings (SSSR count). The van der Waals surface area contributed by atoms with Crippen molar-refractivity contribution in [2.24, 2.45) is 10.9 Å². The average Bonchev–Trinajstić information content (AvgIpc) is 3.34. The second kappa shape index (κ2) is 9.32. The van der Waals surface area contributed by atoms with Crippen molar-refractivity contribution in [3.05, 3.63) is 94.5 Å². The fraction of sp³-hybridized carbons (Fsp3) is 0.250. The van der Waals surface area contributed by atoms with Gasteiger partial charge in [-0.25, -0.2) is 0 Å². The van der Waals surface area contributed by atoms with Crippen molar-refractivity contribution < 1.29 is 9.47 Å². The lowest BCUT2D eigenvalue weighted by atomic mass is 9.77. The maximum atomic E-state index is 6.38. The molecule has 0 saturated heterocycles. The Labute approximate surface area is 199 Å². The van der Waals surface area contributed by atoms with E-state index in [9.17, 15) is 0 Å². The topological polar surface area (TPSA) is 42.8 Å². The molecule has 0 saturated carbocycles. The summed E-state index contributed by atoms with van der Waals surface area (Å²) in [6.45, 7) is 2.44. The number of para-hydroxylation sites is 1. The standard InChI is InChI=1S/C28H27ClN2O2/c1-3-33-28-24(29)15-18(16-26(28)32-2)17-30-20-13-11-19(12-14-20)27-23-9-6-8-21(23)22-7-4-5-10-25(22)31-27/h4-8,10-17,21,23,27,31H,3,9H2,1-2H3/t21-,23+,27+/m1/s1. The first-order valence-corrected chi connectivity index (χ1v) is 11.7. The average molecular weight is 459 g/mol. The van der Waals surface area contributed by atoms with Crippen LogP contribution in [0.15, 0.2) is 77.8 Å². The van der Waals surface area contributed by atoms with E-state index in [1.165, 1.54) is 16.8 Å². The van der Waals surface area contributed by atoms with E-state index in [1.54, 1.807) is 13.3 Å². The fourth-order valence-electron chi connectivity index (χ4n) is 4.89. The molecule has 168 valence electrons. The van der Waals surface area contributed by atoms with E-state index in [0.717, 1.165) is 17.7 Å². The molecule has 0 spiro atoms. The summed E-state index contributed by atoms with van der Waals surface area (Å²) >= 11 is 6.38. The number of halogens is 1. The predicted octanol–water partition coefficient (Wildman–Crippen LogP) is 7.32. The lowest BCUT2D eigenvalue weighted by Crippen LogP contribution is -2.28. The smallest absolute Gasteiger partial charge is 0.179 e. The lowest BCUT2D eigenvalue weighted by molar-refractivity contribution is 0.311. The van der Waals surface area contributed by atoms with Gasteiger partial charge in [-0.3, -0.25) is 4.99 Å². The summed E-state index contributed by atoms with van der Waals surface area (Å²) in [5.41, 5.74) is 5.67. The van der Waals surface area contributed by atoms with Crippen LogP contribution >= 0.6 is 11.6 Å². The number of hydrogen-bond acceptors (Lipinski definition) is 4. The molecule has 0 bridgehead atoms. The third kappa shape index (κ3) is 4.23. The molecule has 2 aliphatic rings. The number of methoxy groups -OCH3 is 1. The zero-order valence-corrected chi connectivity index (χ0v) is 19.5. The van der Waals surface area contributed by atoms with E-state index in [2.05, 4.69) is 71.0 Å². The van der Waals surface area contributed by atoms with E-state index < -0.39 is 0 Å². The zero-order valence-electron chi connectivity index (χ0n) is 18.8. The number of nitrogens with one attached hydrogen (secondary N) is 1. The van der Waals surface area contributed by atoms with Crippen molar-refractivity contribution in [2.75, 3.05) is 19.0 Å². The minimum Gasteiger partial charge on any atom is -0.493 e. The number of aliphatic imine (C=N–C) groups is 1. The van der Waals surface area contributed by atoms with E-state index >= 15 is 0 Å². The molecular weight excluding hydrogens is 432 g/mol. The number of rotatable bonds is 6. The number of allylic oxidation sites excluding steroid dienone is 2. The van der Waals surface area contributed by atoms with Gasteiger partial charge in [0.25, 0.3) is 0 Å². The van der Waals surface area contributed by atoms with E-state index in [0.29, 0.717) is 35.0 Å². The predicted molar refractivity (Wildman–Crippen MR) is 136 cm³/mol. The summed E-state index contributed by atoms with van der Waals surface area (Å²) in [6.07, 6.45) is 7.58. The Balaban J connectivity index is 1.36. The molecule has 0 unspecified atom stereocenters. The van der Waals surface area contributed by atoms with Crippen LogP contribution in [0.1, 0.15) is 42.0 Å². The van der Waals surface area contributed by atoms with Gasteiger partial charge in [0, 0.05) is 17.8 Å². The molecule has 1 aliphatic carbocycles. The molecule has 33 heavy (non-hydrogen) atoms. The van der Waals surface area contributed by atoms with Crippen LogP contribution < -0.4 is 14.8 Å². The highest BCUT2D eigenvalue weighted by Crippen LogP contribution is 2.49. The van der Waals surface area contributed by atoms with Gasteiger partial charge in [0.1, 0.15) is 0 Å². The molecule has 5 heteroatoms. The van der Waals surface area contributed by atoms with Crippen molar-refractivity contribution in [2.45, 2.75) is 25.3 Å². The normalized spacial score (nSPS) is 20.9. The number of hydrogen-bond donors (Lipinski definition) is 1. The molecule has 0 aromatic heterocycles. The highest BCUT2D eigenvalue weighted by atomic mass is 35.5. The Kier molecular flexibility index (Phi) is 6.10. The third-order valence-electron chi connectivity index (χ3n) is 6.43. The molecule has 1 heterocycles. The van der Waals surface area contributed by atoms with Gasteiger partial charge in [0.15, 0.2) is 11.5 Å². The molecule has 0 amide bonds. The minimum absolute atomic E-state index is 0.284. The molecule has 1 aliphatic heterocycles. The largest absolute Gasteiger partial charge is 0.493 e. The van der Waals surface area contributed by atoms with Crippen LogP contribution in [0.25, 0.3) is 0 Å². The summed E-state index contributed by atoms with van der Waals surface area (Å²) < 4.78 is 11.0. The number of nitrogens with zero attached hydrogens (tertiary/aromatic N) is 1. The van der Waals surface area contributed by atoms with Crippen molar-refractivity contribution in [3.63, 3.8) is 0 Å². The van der Waals surface area contributed by atoms with Crippen LogP contribution in [0.2, 0.25) is 5.02 Å². The Morgan fingerprint density at radius 3 is 2.73 bits per heavy atom. The third-order valence-corrected chi connectivity index (χ3v) is 6.71. The fourth-order valence-corrected chi connectivity index (χ4v) is 5.16. The highest BCUT2D eigenvalue weighted by molar-refractivity contribution is 6.32. The number of fused-ring (bicyclic) bond motifs is 3. The Morgan fingerprint density at radius 1 is 1.12 bits per heavy atom. The Bertz CT molecular complexity index is 1200. The monoisotopic (exact) mass is 458 g/mol. The van der Waals surface area contributed by atoms with Crippen molar-refractivity contribution in [1.82, 2.24) is 0 Å². The summed E-state index contributed by atoms with van der Waals surface area (Å²) in [7, 11) is 1.61. The minimum atomic E-state index is 0.284. The van der Waals surface area contributed by atoms with Crippen molar-refractivity contribution in [1.29, 1.82) is 0 Å². The van der Waals surface area contributed by atoms with Crippen LogP contribution in [0, 0.1) is 5.92 Å². The van der Waals surface area contributed by atoms with E-state index in [1.807, 2.05) is 19.1 Å². The van der Waals surface area contributed by atoms with E-state index in [4.69, 9.17) is 21.1 Å². The van der Waals surface area contributed by atoms with E-state index in [-0.39, 0.29) is 6.04 Å². The maximum Gasteiger partial charge on any atom is 0.179 e.